The molecular weight excluding hydrogens is 250 g/mol. The van der Waals surface area contributed by atoms with Crippen LogP contribution in [0.15, 0.2) is 54.6 Å². The van der Waals surface area contributed by atoms with Crippen LogP contribution < -0.4 is 5.73 Å². The van der Waals surface area contributed by atoms with Gasteiger partial charge in [0.05, 0.1) is 5.56 Å². The molecule has 0 saturated heterocycles. The summed E-state index contributed by atoms with van der Waals surface area (Å²) in [6.07, 6.45) is 0.663. The van der Waals surface area contributed by atoms with Crippen molar-refractivity contribution >= 4 is 5.97 Å². The van der Waals surface area contributed by atoms with E-state index in [1.165, 1.54) is 0 Å². The topological polar surface area (TPSA) is 52.3 Å². The number of esters is 1. The van der Waals surface area contributed by atoms with Gasteiger partial charge >= 0.3 is 5.97 Å². The average molecular weight is 269 g/mol. The molecule has 2 aromatic carbocycles. The zero-order valence-electron chi connectivity index (χ0n) is 11.6. The van der Waals surface area contributed by atoms with Gasteiger partial charge in [-0.15, -0.1) is 0 Å². The first kappa shape index (κ1) is 14.3. The van der Waals surface area contributed by atoms with Crippen molar-refractivity contribution in [1.82, 2.24) is 0 Å². The molecule has 0 amide bonds. The van der Waals surface area contributed by atoms with Gasteiger partial charge in [0.1, 0.15) is 6.61 Å². The summed E-state index contributed by atoms with van der Waals surface area (Å²) >= 11 is 0. The molecule has 0 fully saturated rings. The molecule has 3 nitrogen and oxygen atoms in total. The lowest BCUT2D eigenvalue weighted by atomic mass is 10.0. The number of ether oxygens (including phenoxy) is 1. The van der Waals surface area contributed by atoms with Gasteiger partial charge in [-0.05, 0) is 30.5 Å². The Kier molecular flexibility index (Phi) is 4.91. The standard InChI is InChI=1S/C17H19NO2/c1-13(18)11-15-9-5-6-10-16(15)17(19)20-12-14-7-3-2-4-8-14/h2-10,13H,11-12,18H2,1H3/t13-/m0/s1. The van der Waals surface area contributed by atoms with E-state index in [2.05, 4.69) is 0 Å². The molecule has 0 unspecified atom stereocenters. The second-order valence-corrected chi connectivity index (χ2v) is 4.90. The van der Waals surface area contributed by atoms with Crippen LogP contribution >= 0.6 is 0 Å². The van der Waals surface area contributed by atoms with Crippen molar-refractivity contribution in [1.29, 1.82) is 0 Å². The molecule has 1 atom stereocenters. The highest BCUT2D eigenvalue weighted by molar-refractivity contribution is 5.91. The molecule has 104 valence electrons. The van der Waals surface area contributed by atoms with E-state index in [0.29, 0.717) is 12.0 Å². The maximum Gasteiger partial charge on any atom is 0.338 e. The van der Waals surface area contributed by atoms with Gasteiger partial charge in [0.2, 0.25) is 0 Å². The van der Waals surface area contributed by atoms with Crippen LogP contribution in [-0.2, 0) is 17.8 Å². The summed E-state index contributed by atoms with van der Waals surface area (Å²) in [7, 11) is 0. The molecule has 0 saturated carbocycles. The molecule has 3 heteroatoms. The predicted octanol–water partition coefficient (Wildman–Crippen LogP) is 2.93. The van der Waals surface area contributed by atoms with Crippen molar-refractivity contribution in [3.05, 3.63) is 71.3 Å². The fourth-order valence-corrected chi connectivity index (χ4v) is 2.05. The summed E-state index contributed by atoms with van der Waals surface area (Å²) in [4.78, 5) is 12.2. The van der Waals surface area contributed by atoms with Crippen molar-refractivity contribution < 1.29 is 9.53 Å². The van der Waals surface area contributed by atoms with Crippen LogP contribution in [0.4, 0.5) is 0 Å². The molecule has 0 bridgehead atoms. The lowest BCUT2D eigenvalue weighted by molar-refractivity contribution is 0.0471. The second-order valence-electron chi connectivity index (χ2n) is 4.90. The first-order chi connectivity index (χ1) is 9.66. The van der Waals surface area contributed by atoms with Crippen LogP contribution in [0.5, 0.6) is 0 Å². The number of nitrogens with two attached hydrogens (primary N) is 1. The summed E-state index contributed by atoms with van der Waals surface area (Å²) in [5, 5.41) is 0. The smallest absolute Gasteiger partial charge is 0.338 e. The molecule has 0 aliphatic heterocycles. The largest absolute Gasteiger partial charge is 0.457 e. The van der Waals surface area contributed by atoms with E-state index in [-0.39, 0.29) is 18.6 Å². The maximum atomic E-state index is 12.2. The minimum Gasteiger partial charge on any atom is -0.457 e. The quantitative estimate of drug-likeness (QED) is 0.849. The van der Waals surface area contributed by atoms with Crippen molar-refractivity contribution in [2.75, 3.05) is 0 Å². The molecule has 2 rings (SSSR count). The number of rotatable bonds is 5. The summed E-state index contributed by atoms with van der Waals surface area (Å²) < 4.78 is 5.36. The molecule has 0 heterocycles. The van der Waals surface area contributed by atoms with Crippen molar-refractivity contribution in [2.24, 2.45) is 5.73 Å². The van der Waals surface area contributed by atoms with Gasteiger partial charge in [-0.1, -0.05) is 48.5 Å². The minimum atomic E-state index is -0.301. The van der Waals surface area contributed by atoms with E-state index in [1.54, 1.807) is 6.07 Å². The highest BCUT2D eigenvalue weighted by Crippen LogP contribution is 2.13. The fraction of sp³-hybridized carbons (Fsp3) is 0.235. The number of hydrogen-bond acceptors (Lipinski definition) is 3. The van der Waals surface area contributed by atoms with Gasteiger partial charge in [-0.25, -0.2) is 4.79 Å². The van der Waals surface area contributed by atoms with Gasteiger partial charge in [-0.3, -0.25) is 0 Å². The highest BCUT2D eigenvalue weighted by atomic mass is 16.5. The third kappa shape index (κ3) is 3.93. The molecule has 2 N–H and O–H groups in total. The van der Waals surface area contributed by atoms with E-state index in [1.807, 2.05) is 55.5 Å². The molecule has 0 aliphatic carbocycles. The minimum absolute atomic E-state index is 0.0121. The highest BCUT2D eigenvalue weighted by Gasteiger charge is 2.13. The SMILES string of the molecule is C[C@H](N)Cc1ccccc1C(=O)OCc1ccccc1. The van der Waals surface area contributed by atoms with Gasteiger partial charge in [0.15, 0.2) is 0 Å². The second kappa shape index (κ2) is 6.87. The Morgan fingerprint density at radius 2 is 1.75 bits per heavy atom. The zero-order valence-corrected chi connectivity index (χ0v) is 11.6. The van der Waals surface area contributed by atoms with Crippen LogP contribution in [0.3, 0.4) is 0 Å². The molecule has 2 aromatic rings. The van der Waals surface area contributed by atoms with Crippen LogP contribution in [0.2, 0.25) is 0 Å². The fourth-order valence-electron chi connectivity index (χ4n) is 2.05. The Bertz CT molecular complexity index is 564. The van der Waals surface area contributed by atoms with Crippen molar-refractivity contribution in [2.45, 2.75) is 26.0 Å². The van der Waals surface area contributed by atoms with Gasteiger partial charge in [0.25, 0.3) is 0 Å². The average Bonchev–Trinajstić information content (AvgIpc) is 2.46. The molecule has 0 aromatic heterocycles. The normalized spacial score (nSPS) is 11.9. The lowest BCUT2D eigenvalue weighted by Gasteiger charge is -2.11. The zero-order chi connectivity index (χ0) is 14.4. The third-order valence-electron chi connectivity index (χ3n) is 2.99. The van der Waals surface area contributed by atoms with Crippen LogP contribution in [0.25, 0.3) is 0 Å². The number of carbonyl (C=O) groups is 1. The lowest BCUT2D eigenvalue weighted by Crippen LogP contribution is -2.20. The molecule has 0 radical (unpaired) electrons. The van der Waals surface area contributed by atoms with E-state index in [0.717, 1.165) is 11.1 Å². The first-order valence-corrected chi connectivity index (χ1v) is 6.71. The molecule has 20 heavy (non-hydrogen) atoms. The van der Waals surface area contributed by atoms with Gasteiger partial charge < -0.3 is 10.5 Å². The molecule has 0 spiro atoms. The van der Waals surface area contributed by atoms with Gasteiger partial charge in [0, 0.05) is 6.04 Å². The van der Waals surface area contributed by atoms with Crippen LogP contribution in [0.1, 0.15) is 28.4 Å². The van der Waals surface area contributed by atoms with E-state index in [9.17, 15) is 4.79 Å². The Morgan fingerprint density at radius 1 is 1.10 bits per heavy atom. The van der Waals surface area contributed by atoms with Crippen LogP contribution in [-0.4, -0.2) is 12.0 Å². The monoisotopic (exact) mass is 269 g/mol. The van der Waals surface area contributed by atoms with Crippen LogP contribution in [0, 0.1) is 0 Å². The maximum absolute atomic E-state index is 12.2. The van der Waals surface area contributed by atoms with E-state index in [4.69, 9.17) is 10.5 Å². The Balaban J connectivity index is 2.05. The summed E-state index contributed by atoms with van der Waals surface area (Å²) in [6.45, 7) is 2.21. The van der Waals surface area contributed by atoms with E-state index < -0.39 is 0 Å². The Hall–Kier alpha value is -2.13. The first-order valence-electron chi connectivity index (χ1n) is 6.71. The summed E-state index contributed by atoms with van der Waals surface area (Å²) in [5.74, 6) is -0.301. The molecule has 0 aliphatic rings. The number of benzene rings is 2. The third-order valence-corrected chi connectivity index (χ3v) is 2.99. The number of carbonyl (C=O) groups excluding carboxylic acids is 1. The Morgan fingerprint density at radius 3 is 2.45 bits per heavy atom. The summed E-state index contributed by atoms with van der Waals surface area (Å²) in [6, 6.07) is 17.1. The van der Waals surface area contributed by atoms with Crippen molar-refractivity contribution in [3.8, 4) is 0 Å². The predicted molar refractivity (Wildman–Crippen MR) is 79.4 cm³/mol. The van der Waals surface area contributed by atoms with Gasteiger partial charge in [-0.2, -0.15) is 0 Å². The number of hydrogen-bond donors (Lipinski definition) is 1. The van der Waals surface area contributed by atoms with Crippen molar-refractivity contribution in [3.63, 3.8) is 0 Å². The van der Waals surface area contributed by atoms with E-state index >= 15 is 0 Å². The Labute approximate surface area is 119 Å². The summed E-state index contributed by atoms with van der Waals surface area (Å²) in [5.41, 5.74) is 8.31. The molecular formula is C17H19NO2.